The van der Waals surface area contributed by atoms with Crippen molar-refractivity contribution in [2.75, 3.05) is 0 Å². The summed E-state index contributed by atoms with van der Waals surface area (Å²) in [5, 5.41) is 2.25. The smallest absolute Gasteiger partial charge is 0.314 e. The molecule has 0 spiro atoms. The van der Waals surface area contributed by atoms with Gasteiger partial charge in [-0.3, -0.25) is 4.79 Å². The van der Waals surface area contributed by atoms with E-state index in [1.807, 2.05) is 18.2 Å². The first-order chi connectivity index (χ1) is 6.27. The second kappa shape index (κ2) is 3.38. The summed E-state index contributed by atoms with van der Waals surface area (Å²) in [4.78, 5) is 10.7. The van der Waals surface area contributed by atoms with Crippen molar-refractivity contribution >= 4 is 17.0 Å². The van der Waals surface area contributed by atoms with Crippen molar-refractivity contribution in [1.82, 2.24) is 5.32 Å². The Morgan fingerprint density at radius 2 is 2.23 bits per heavy atom. The molecule has 1 aliphatic carbocycles. The van der Waals surface area contributed by atoms with Gasteiger partial charge in [0.2, 0.25) is 0 Å². The van der Waals surface area contributed by atoms with E-state index in [1.54, 1.807) is 0 Å². The predicted molar refractivity (Wildman–Crippen MR) is 51.9 cm³/mol. The van der Waals surface area contributed by atoms with Gasteiger partial charge in [-0.25, -0.2) is 0 Å². The van der Waals surface area contributed by atoms with Crippen molar-refractivity contribution < 1.29 is 4.79 Å². The van der Waals surface area contributed by atoms with Crippen molar-refractivity contribution in [3.63, 3.8) is 0 Å². The molecule has 13 heavy (non-hydrogen) atoms. The Morgan fingerprint density at radius 3 is 3.00 bits per heavy atom. The first-order valence-electron chi connectivity index (χ1n) is 4.31. The number of benzene rings is 1. The zero-order valence-corrected chi connectivity index (χ0v) is 7.84. The van der Waals surface area contributed by atoms with Crippen LogP contribution in [0.25, 0.3) is 0 Å². The molecule has 1 amide bonds. The quantitative estimate of drug-likeness (QED) is 0.542. The fourth-order valence-corrected chi connectivity index (χ4v) is 1.98. The highest BCUT2D eigenvalue weighted by atomic mass is 35.5. The number of carbonyl (C=O) groups is 1. The Kier molecular flexibility index (Phi) is 2.23. The number of nitrogens with one attached hydrogen (secondary N) is 1. The maximum atomic E-state index is 10.7. The summed E-state index contributed by atoms with van der Waals surface area (Å²) < 4.78 is 0. The van der Waals surface area contributed by atoms with E-state index in [2.05, 4.69) is 11.4 Å². The fourth-order valence-electron chi connectivity index (χ4n) is 1.84. The van der Waals surface area contributed by atoms with Crippen LogP contribution >= 0.6 is 11.6 Å². The lowest BCUT2D eigenvalue weighted by Crippen LogP contribution is -2.21. The lowest BCUT2D eigenvalue weighted by Gasteiger charge is -2.10. The van der Waals surface area contributed by atoms with Crippen LogP contribution in [0.1, 0.15) is 23.6 Å². The normalized spacial score (nSPS) is 19.6. The van der Waals surface area contributed by atoms with Crippen molar-refractivity contribution in [2.24, 2.45) is 0 Å². The van der Waals surface area contributed by atoms with Crippen LogP contribution in [0.15, 0.2) is 24.3 Å². The first kappa shape index (κ1) is 8.57. The summed E-state index contributed by atoms with van der Waals surface area (Å²) >= 11 is 5.27. The molecule has 0 fully saturated rings. The third-order valence-electron chi connectivity index (χ3n) is 2.42. The van der Waals surface area contributed by atoms with Gasteiger partial charge in [-0.2, -0.15) is 0 Å². The largest absolute Gasteiger partial charge is 0.336 e. The van der Waals surface area contributed by atoms with E-state index in [4.69, 9.17) is 11.6 Å². The summed E-state index contributed by atoms with van der Waals surface area (Å²) in [6, 6.07) is 8.25. The van der Waals surface area contributed by atoms with Gasteiger partial charge in [0.25, 0.3) is 0 Å². The third kappa shape index (κ3) is 1.68. The highest BCUT2D eigenvalue weighted by Gasteiger charge is 2.22. The fraction of sp³-hybridized carbons (Fsp3) is 0.300. The Morgan fingerprint density at radius 1 is 1.46 bits per heavy atom. The lowest BCUT2D eigenvalue weighted by molar-refractivity contribution is 0.256. The number of amides is 1. The highest BCUT2D eigenvalue weighted by Crippen LogP contribution is 2.30. The number of hydrogen-bond acceptors (Lipinski definition) is 1. The predicted octanol–water partition coefficient (Wildman–Crippen LogP) is 2.62. The van der Waals surface area contributed by atoms with Crippen molar-refractivity contribution in [2.45, 2.75) is 18.9 Å². The zero-order valence-electron chi connectivity index (χ0n) is 7.09. The number of halogens is 1. The number of carbonyl (C=O) groups excluding carboxylic acids is 1. The molecule has 1 N–H and O–H groups in total. The molecule has 0 aliphatic heterocycles. The first-order valence-corrected chi connectivity index (χ1v) is 4.69. The van der Waals surface area contributed by atoms with E-state index in [1.165, 1.54) is 11.1 Å². The van der Waals surface area contributed by atoms with Gasteiger partial charge in [0.05, 0.1) is 6.04 Å². The van der Waals surface area contributed by atoms with Crippen LogP contribution in [-0.2, 0) is 6.42 Å². The van der Waals surface area contributed by atoms with E-state index < -0.39 is 5.37 Å². The average molecular weight is 196 g/mol. The number of hydrogen-bond donors (Lipinski definition) is 1. The van der Waals surface area contributed by atoms with Crippen LogP contribution in [0.4, 0.5) is 4.79 Å². The maximum Gasteiger partial charge on any atom is 0.314 e. The Labute approximate surface area is 81.9 Å². The Balaban J connectivity index is 2.23. The molecule has 0 unspecified atom stereocenters. The minimum atomic E-state index is -0.471. The van der Waals surface area contributed by atoms with Crippen molar-refractivity contribution in [3.8, 4) is 0 Å². The van der Waals surface area contributed by atoms with Crippen LogP contribution in [0.5, 0.6) is 0 Å². The maximum absolute atomic E-state index is 10.7. The standard InChI is InChI=1S/C10H10ClNO/c11-10(13)12-9-6-5-7-3-1-2-4-8(7)9/h1-4,9H,5-6H2,(H,12,13)/t9-/m1/s1. The molecule has 3 heteroatoms. The monoisotopic (exact) mass is 195 g/mol. The number of rotatable bonds is 1. The van der Waals surface area contributed by atoms with E-state index >= 15 is 0 Å². The second-order valence-corrected chi connectivity index (χ2v) is 3.55. The molecule has 1 atom stereocenters. The minimum absolute atomic E-state index is 0.112. The van der Waals surface area contributed by atoms with Gasteiger partial charge in [0.1, 0.15) is 0 Å². The summed E-state index contributed by atoms with van der Waals surface area (Å²) in [5.74, 6) is 0. The van der Waals surface area contributed by atoms with Gasteiger partial charge in [0, 0.05) is 0 Å². The molecule has 2 rings (SSSR count). The second-order valence-electron chi connectivity index (χ2n) is 3.21. The molecule has 0 saturated heterocycles. The van der Waals surface area contributed by atoms with E-state index in [0.717, 1.165) is 12.8 Å². The molecule has 0 saturated carbocycles. The van der Waals surface area contributed by atoms with Gasteiger partial charge in [-0.05, 0) is 35.6 Å². The number of aryl methyl sites for hydroxylation is 1. The summed E-state index contributed by atoms with van der Waals surface area (Å²) in [5.41, 5.74) is 2.52. The van der Waals surface area contributed by atoms with Crippen LogP contribution in [-0.4, -0.2) is 5.37 Å². The molecular weight excluding hydrogens is 186 g/mol. The molecule has 1 aliphatic rings. The van der Waals surface area contributed by atoms with Gasteiger partial charge in [0.15, 0.2) is 0 Å². The Bertz CT molecular complexity index is 337. The molecule has 0 aromatic heterocycles. The third-order valence-corrected chi connectivity index (χ3v) is 2.53. The molecule has 1 aromatic rings. The highest BCUT2D eigenvalue weighted by molar-refractivity contribution is 6.62. The van der Waals surface area contributed by atoms with Crippen molar-refractivity contribution in [1.29, 1.82) is 0 Å². The topological polar surface area (TPSA) is 29.1 Å². The zero-order chi connectivity index (χ0) is 9.26. The molecule has 68 valence electrons. The SMILES string of the molecule is O=C(Cl)N[C@@H]1CCc2ccccc21. The van der Waals surface area contributed by atoms with E-state index in [0.29, 0.717) is 0 Å². The van der Waals surface area contributed by atoms with Crippen LogP contribution in [0.2, 0.25) is 0 Å². The molecule has 0 radical (unpaired) electrons. The van der Waals surface area contributed by atoms with Gasteiger partial charge in [-0.1, -0.05) is 24.3 Å². The van der Waals surface area contributed by atoms with Crippen LogP contribution in [0, 0.1) is 0 Å². The van der Waals surface area contributed by atoms with E-state index in [-0.39, 0.29) is 6.04 Å². The minimum Gasteiger partial charge on any atom is -0.336 e. The van der Waals surface area contributed by atoms with Gasteiger partial charge < -0.3 is 5.32 Å². The summed E-state index contributed by atoms with van der Waals surface area (Å²) in [6.07, 6.45) is 1.98. The molecule has 0 heterocycles. The van der Waals surface area contributed by atoms with Crippen LogP contribution in [0.3, 0.4) is 0 Å². The summed E-state index contributed by atoms with van der Waals surface area (Å²) in [6.45, 7) is 0. The average Bonchev–Trinajstić information content (AvgIpc) is 2.48. The number of fused-ring (bicyclic) bond motifs is 1. The molecular formula is C10H10ClNO. The summed E-state index contributed by atoms with van der Waals surface area (Å²) in [7, 11) is 0. The Hall–Kier alpha value is -1.02. The molecule has 1 aromatic carbocycles. The molecule has 2 nitrogen and oxygen atoms in total. The van der Waals surface area contributed by atoms with Crippen molar-refractivity contribution in [3.05, 3.63) is 35.4 Å². The lowest BCUT2D eigenvalue weighted by atomic mass is 10.1. The van der Waals surface area contributed by atoms with Crippen LogP contribution < -0.4 is 5.32 Å². The van der Waals surface area contributed by atoms with Gasteiger partial charge in [-0.15, -0.1) is 0 Å². The molecule has 0 bridgehead atoms. The van der Waals surface area contributed by atoms with Gasteiger partial charge >= 0.3 is 5.37 Å². The van der Waals surface area contributed by atoms with E-state index in [9.17, 15) is 4.79 Å².